The lowest BCUT2D eigenvalue weighted by molar-refractivity contribution is -0.231. The summed E-state index contributed by atoms with van der Waals surface area (Å²) in [5, 5.41) is 43.3. The van der Waals surface area contributed by atoms with E-state index in [-0.39, 0.29) is 0 Å². The van der Waals surface area contributed by atoms with Crippen LogP contribution in [0, 0.1) is 0 Å². The van der Waals surface area contributed by atoms with E-state index in [1.54, 1.807) is 19.2 Å². The Kier molecular flexibility index (Phi) is 6.12. The first-order valence-corrected chi connectivity index (χ1v) is 9.98. The third-order valence-electron chi connectivity index (χ3n) is 5.64. The second-order valence-electron chi connectivity index (χ2n) is 7.60. The minimum Gasteiger partial charge on any atom is -0.496 e. The molecule has 2 heterocycles. The van der Waals surface area contributed by atoms with Gasteiger partial charge in [0.15, 0.2) is 0 Å². The smallest absolute Gasteiger partial charge is 0.142 e. The number of hydrogen-bond donors (Lipinski definition) is 5. The summed E-state index contributed by atoms with van der Waals surface area (Å²) in [6.45, 7) is 0.933. The van der Waals surface area contributed by atoms with Crippen molar-refractivity contribution in [3.05, 3.63) is 53.1 Å². The Morgan fingerprint density at radius 1 is 1.07 bits per heavy atom. The molecule has 2 aliphatic heterocycles. The normalized spacial score (nSPS) is 28.2. The van der Waals surface area contributed by atoms with Gasteiger partial charge < -0.3 is 40.0 Å². The molecule has 0 spiro atoms. The number of fused-ring (bicyclic) bond motifs is 1. The lowest BCUT2D eigenvalue weighted by atomic mass is 9.90. The molecule has 0 bridgehead atoms. The van der Waals surface area contributed by atoms with Gasteiger partial charge in [-0.25, -0.2) is 0 Å². The van der Waals surface area contributed by atoms with Crippen molar-refractivity contribution >= 4 is 5.69 Å². The van der Waals surface area contributed by atoms with Gasteiger partial charge in [0.1, 0.15) is 48.6 Å². The lowest BCUT2D eigenvalue weighted by Gasteiger charge is -2.40. The molecule has 0 amide bonds. The van der Waals surface area contributed by atoms with E-state index in [4.69, 9.17) is 14.2 Å². The lowest BCUT2D eigenvalue weighted by Crippen LogP contribution is -2.55. The van der Waals surface area contributed by atoms with E-state index >= 15 is 0 Å². The van der Waals surface area contributed by atoms with Crippen molar-refractivity contribution in [1.82, 2.24) is 0 Å². The third kappa shape index (κ3) is 3.97. The molecule has 1 fully saturated rings. The van der Waals surface area contributed by atoms with Gasteiger partial charge in [-0.2, -0.15) is 0 Å². The molecular weight excluding hydrogens is 390 g/mol. The molecule has 8 nitrogen and oxygen atoms in total. The Hall–Kier alpha value is -2.36. The number of nitrogens with one attached hydrogen (secondary N) is 1. The number of anilines is 1. The average Bonchev–Trinajstić information content (AvgIpc) is 2.77. The monoisotopic (exact) mass is 417 g/mol. The summed E-state index contributed by atoms with van der Waals surface area (Å²) in [5.41, 5.74) is 3.50. The van der Waals surface area contributed by atoms with Crippen molar-refractivity contribution in [1.29, 1.82) is 0 Å². The molecule has 0 unspecified atom stereocenters. The van der Waals surface area contributed by atoms with E-state index in [1.165, 1.54) is 0 Å². The largest absolute Gasteiger partial charge is 0.496 e. The fraction of sp³-hybridized carbons (Fsp3) is 0.455. The second-order valence-corrected chi connectivity index (χ2v) is 7.60. The fourth-order valence-electron chi connectivity index (χ4n) is 4.01. The Morgan fingerprint density at radius 3 is 2.67 bits per heavy atom. The molecule has 2 aromatic rings. The van der Waals surface area contributed by atoms with Crippen LogP contribution in [0.1, 0.15) is 22.8 Å². The predicted octanol–water partition coefficient (Wildman–Crippen LogP) is 0.605. The van der Waals surface area contributed by atoms with Crippen molar-refractivity contribution in [2.75, 3.05) is 32.2 Å². The maximum atomic E-state index is 10.4. The maximum Gasteiger partial charge on any atom is 0.142 e. The summed E-state index contributed by atoms with van der Waals surface area (Å²) >= 11 is 0. The number of hydrogen-bond acceptors (Lipinski definition) is 8. The van der Waals surface area contributed by atoms with Crippen molar-refractivity contribution in [2.24, 2.45) is 0 Å². The van der Waals surface area contributed by atoms with E-state index in [0.29, 0.717) is 24.3 Å². The number of methoxy groups -OCH3 is 1. The molecule has 5 atom stereocenters. The highest BCUT2D eigenvalue weighted by atomic mass is 16.5. The molecule has 30 heavy (non-hydrogen) atoms. The first-order valence-electron chi connectivity index (χ1n) is 9.98. The Morgan fingerprint density at radius 2 is 1.90 bits per heavy atom. The summed E-state index contributed by atoms with van der Waals surface area (Å²) < 4.78 is 16.8. The molecule has 162 valence electrons. The van der Waals surface area contributed by atoms with Crippen LogP contribution in [-0.2, 0) is 11.2 Å². The molecule has 1 saturated heterocycles. The topological polar surface area (TPSA) is 121 Å². The van der Waals surface area contributed by atoms with Crippen molar-refractivity contribution in [2.45, 2.75) is 36.9 Å². The zero-order valence-electron chi connectivity index (χ0n) is 16.7. The summed E-state index contributed by atoms with van der Waals surface area (Å²) in [7, 11) is 1.59. The van der Waals surface area contributed by atoms with Gasteiger partial charge in [0.2, 0.25) is 0 Å². The van der Waals surface area contributed by atoms with Gasteiger partial charge in [-0.3, -0.25) is 0 Å². The fourth-order valence-corrected chi connectivity index (χ4v) is 4.01. The second kappa shape index (κ2) is 8.79. The van der Waals surface area contributed by atoms with Crippen LogP contribution in [0.25, 0.3) is 0 Å². The van der Waals surface area contributed by atoms with Crippen molar-refractivity contribution in [3.63, 3.8) is 0 Å². The first kappa shape index (κ1) is 20.9. The van der Waals surface area contributed by atoms with Crippen LogP contribution in [0.3, 0.4) is 0 Å². The minimum atomic E-state index is -1.42. The molecule has 4 rings (SSSR count). The van der Waals surface area contributed by atoms with Gasteiger partial charge in [-0.05, 0) is 41.0 Å². The number of benzene rings is 2. The van der Waals surface area contributed by atoms with Crippen LogP contribution >= 0.6 is 0 Å². The van der Waals surface area contributed by atoms with E-state index in [1.807, 2.05) is 24.3 Å². The highest BCUT2D eigenvalue weighted by Crippen LogP contribution is 2.36. The zero-order valence-corrected chi connectivity index (χ0v) is 16.7. The van der Waals surface area contributed by atoms with Crippen LogP contribution < -0.4 is 14.8 Å². The van der Waals surface area contributed by atoms with Gasteiger partial charge in [0.05, 0.1) is 19.4 Å². The average molecular weight is 417 g/mol. The summed E-state index contributed by atoms with van der Waals surface area (Å²) in [6.07, 6.45) is -5.39. The molecule has 2 aromatic carbocycles. The minimum absolute atomic E-state index is 0.464. The van der Waals surface area contributed by atoms with Crippen molar-refractivity contribution < 1.29 is 34.6 Å². The molecule has 0 saturated carbocycles. The zero-order chi connectivity index (χ0) is 21.3. The van der Waals surface area contributed by atoms with Gasteiger partial charge in [0, 0.05) is 13.0 Å². The molecule has 0 aliphatic carbocycles. The van der Waals surface area contributed by atoms with Crippen LogP contribution in [-0.4, -0.2) is 71.7 Å². The van der Waals surface area contributed by atoms with E-state index < -0.39 is 37.1 Å². The molecule has 8 heteroatoms. The van der Waals surface area contributed by atoms with Gasteiger partial charge >= 0.3 is 0 Å². The van der Waals surface area contributed by atoms with Crippen LogP contribution in [0.4, 0.5) is 5.69 Å². The first-order chi connectivity index (χ1) is 14.5. The van der Waals surface area contributed by atoms with Gasteiger partial charge in [0.25, 0.3) is 0 Å². The summed E-state index contributed by atoms with van der Waals surface area (Å²) in [6, 6.07) is 11.4. The molecule has 0 radical (unpaired) electrons. The molecule has 0 aromatic heterocycles. The number of aliphatic hydroxyl groups is 4. The van der Waals surface area contributed by atoms with E-state index in [2.05, 4.69) is 5.32 Å². The van der Waals surface area contributed by atoms with Gasteiger partial charge in [-0.15, -0.1) is 0 Å². The Balaban J connectivity index is 1.62. The standard InChI is InChI=1S/C22H27NO7/c1-28-16-5-3-13(22-21(27)20(26)19(25)18(11-24)30-22)10-14(16)8-12-2-4-17-15(9-12)23-6-7-29-17/h2-5,9-10,18-27H,6-8,11H2,1H3/t18-,19-,20+,21-,22+/m1/s1. The molecular formula is C22H27NO7. The van der Waals surface area contributed by atoms with E-state index in [9.17, 15) is 20.4 Å². The Bertz CT molecular complexity index is 888. The van der Waals surface area contributed by atoms with E-state index in [0.717, 1.165) is 29.1 Å². The van der Waals surface area contributed by atoms with Crippen LogP contribution in [0.15, 0.2) is 36.4 Å². The highest BCUT2D eigenvalue weighted by molar-refractivity contribution is 5.60. The van der Waals surface area contributed by atoms with Gasteiger partial charge in [-0.1, -0.05) is 12.1 Å². The quantitative estimate of drug-likeness (QED) is 0.480. The van der Waals surface area contributed by atoms with Crippen molar-refractivity contribution in [3.8, 4) is 11.5 Å². The summed E-state index contributed by atoms with van der Waals surface area (Å²) in [4.78, 5) is 0. The highest BCUT2D eigenvalue weighted by Gasteiger charge is 2.44. The SMILES string of the molecule is COc1ccc([C@@H]2O[C@H](CO)[C@@H](O)[C@H](O)[C@H]2O)cc1Cc1ccc2c(c1)NCCO2. The Labute approximate surface area is 174 Å². The third-order valence-corrected chi connectivity index (χ3v) is 5.64. The number of ether oxygens (including phenoxy) is 3. The molecule has 5 N–H and O–H groups in total. The predicted molar refractivity (Wildman–Crippen MR) is 109 cm³/mol. The maximum absolute atomic E-state index is 10.4. The van der Waals surface area contributed by atoms with Crippen LogP contribution in [0.5, 0.6) is 11.5 Å². The number of rotatable bonds is 5. The van der Waals surface area contributed by atoms with Crippen LogP contribution in [0.2, 0.25) is 0 Å². The number of aliphatic hydroxyl groups excluding tert-OH is 4. The summed E-state index contributed by atoms with van der Waals surface area (Å²) in [5.74, 6) is 1.51. The molecule has 2 aliphatic rings.